The molecule has 0 aliphatic heterocycles. The summed E-state index contributed by atoms with van der Waals surface area (Å²) in [6.45, 7) is 2.64. The molecule has 0 amide bonds. The highest BCUT2D eigenvalue weighted by molar-refractivity contribution is 5.49. The maximum Gasteiger partial charge on any atom is 0.178 e. The first-order valence-electron chi connectivity index (χ1n) is 5.23. The van der Waals surface area contributed by atoms with Crippen molar-refractivity contribution in [3.63, 3.8) is 0 Å². The third kappa shape index (κ3) is 2.41. The van der Waals surface area contributed by atoms with Crippen molar-refractivity contribution in [2.45, 2.75) is 13.3 Å². The summed E-state index contributed by atoms with van der Waals surface area (Å²) in [6, 6.07) is 3.92. The van der Waals surface area contributed by atoms with E-state index in [1.54, 1.807) is 18.6 Å². The minimum absolute atomic E-state index is 0.616. The monoisotopic (exact) mass is 214 g/mol. The van der Waals surface area contributed by atoms with Crippen molar-refractivity contribution in [1.82, 2.24) is 15.0 Å². The summed E-state index contributed by atoms with van der Waals surface area (Å²) in [5.41, 5.74) is 8.47. The Labute approximate surface area is 94.6 Å². The van der Waals surface area contributed by atoms with E-state index in [4.69, 9.17) is 5.73 Å². The number of nitrogens with two attached hydrogens (primary N) is 1. The van der Waals surface area contributed by atoms with Crippen LogP contribution in [-0.4, -0.2) is 21.5 Å². The number of aryl methyl sites for hydroxylation is 1. The highest BCUT2D eigenvalue weighted by atomic mass is 14.9. The normalized spacial score (nSPS) is 10.4. The van der Waals surface area contributed by atoms with Crippen LogP contribution in [0, 0.1) is 6.92 Å². The van der Waals surface area contributed by atoms with E-state index in [9.17, 15) is 0 Å². The van der Waals surface area contributed by atoms with Crippen LogP contribution in [-0.2, 0) is 6.42 Å². The van der Waals surface area contributed by atoms with Crippen molar-refractivity contribution in [2.75, 3.05) is 6.54 Å². The first kappa shape index (κ1) is 10.7. The summed E-state index contributed by atoms with van der Waals surface area (Å²) in [5, 5.41) is 0. The lowest BCUT2D eigenvalue weighted by Gasteiger charge is -2.01. The van der Waals surface area contributed by atoms with Gasteiger partial charge in [-0.2, -0.15) is 0 Å². The second kappa shape index (κ2) is 4.81. The highest BCUT2D eigenvalue weighted by Gasteiger charge is 2.02. The van der Waals surface area contributed by atoms with Gasteiger partial charge >= 0.3 is 0 Å². The fourth-order valence-electron chi connectivity index (χ4n) is 1.44. The molecule has 2 rings (SSSR count). The topological polar surface area (TPSA) is 64.7 Å². The molecule has 0 saturated heterocycles. The lowest BCUT2D eigenvalue weighted by Crippen LogP contribution is -2.04. The molecule has 0 unspecified atom stereocenters. The van der Waals surface area contributed by atoms with Crippen molar-refractivity contribution in [3.05, 3.63) is 41.9 Å². The number of hydrogen-bond donors (Lipinski definition) is 1. The zero-order valence-corrected chi connectivity index (χ0v) is 9.22. The molecule has 0 aromatic carbocycles. The summed E-state index contributed by atoms with van der Waals surface area (Å²) in [7, 11) is 0. The predicted octanol–water partition coefficient (Wildman–Crippen LogP) is 1.35. The first-order valence-corrected chi connectivity index (χ1v) is 5.23. The van der Waals surface area contributed by atoms with Crippen LogP contribution < -0.4 is 5.73 Å². The molecule has 4 nitrogen and oxygen atoms in total. The fourth-order valence-corrected chi connectivity index (χ4v) is 1.44. The average Bonchev–Trinajstić information content (AvgIpc) is 2.30. The third-order valence-electron chi connectivity index (χ3n) is 2.28. The SMILES string of the molecule is Cc1ccnc(-c2ncc(CCN)cn2)c1. The number of nitrogens with zero attached hydrogens (tertiary/aromatic N) is 3. The third-order valence-corrected chi connectivity index (χ3v) is 2.28. The maximum atomic E-state index is 5.46. The van der Waals surface area contributed by atoms with Gasteiger partial charge in [-0.25, -0.2) is 9.97 Å². The highest BCUT2D eigenvalue weighted by Crippen LogP contribution is 2.12. The van der Waals surface area contributed by atoms with Crippen molar-refractivity contribution >= 4 is 0 Å². The van der Waals surface area contributed by atoms with E-state index >= 15 is 0 Å². The number of hydrogen-bond acceptors (Lipinski definition) is 4. The Morgan fingerprint density at radius 1 is 1.19 bits per heavy atom. The van der Waals surface area contributed by atoms with Gasteiger partial charge < -0.3 is 5.73 Å². The largest absolute Gasteiger partial charge is 0.330 e. The molecule has 0 fully saturated rings. The average molecular weight is 214 g/mol. The number of pyridine rings is 1. The molecule has 82 valence electrons. The van der Waals surface area contributed by atoms with Gasteiger partial charge in [-0.1, -0.05) is 0 Å². The summed E-state index contributed by atoms with van der Waals surface area (Å²) in [4.78, 5) is 12.8. The van der Waals surface area contributed by atoms with Crippen LogP contribution in [0.4, 0.5) is 0 Å². The summed E-state index contributed by atoms with van der Waals surface area (Å²) >= 11 is 0. The van der Waals surface area contributed by atoms with Crippen LogP contribution in [0.1, 0.15) is 11.1 Å². The summed E-state index contributed by atoms with van der Waals surface area (Å²) < 4.78 is 0. The molecule has 0 spiro atoms. The molecule has 4 heteroatoms. The van der Waals surface area contributed by atoms with Crippen LogP contribution >= 0.6 is 0 Å². The van der Waals surface area contributed by atoms with Crippen LogP contribution in [0.3, 0.4) is 0 Å². The minimum Gasteiger partial charge on any atom is -0.330 e. The Balaban J connectivity index is 2.27. The minimum atomic E-state index is 0.616. The summed E-state index contributed by atoms with van der Waals surface area (Å²) in [6.07, 6.45) is 6.18. The van der Waals surface area contributed by atoms with E-state index < -0.39 is 0 Å². The molecular weight excluding hydrogens is 200 g/mol. The Bertz CT molecular complexity index is 465. The standard InChI is InChI=1S/C12H14N4/c1-9-3-5-14-11(6-9)12-15-7-10(2-4-13)8-16-12/h3,5-8H,2,4,13H2,1H3. The van der Waals surface area contributed by atoms with Crippen LogP contribution in [0.2, 0.25) is 0 Å². The zero-order chi connectivity index (χ0) is 11.4. The smallest absolute Gasteiger partial charge is 0.178 e. The van der Waals surface area contributed by atoms with E-state index in [1.165, 1.54) is 0 Å². The van der Waals surface area contributed by atoms with Gasteiger partial charge in [0.15, 0.2) is 5.82 Å². The molecule has 0 aliphatic rings. The van der Waals surface area contributed by atoms with Gasteiger partial charge in [0.2, 0.25) is 0 Å². The quantitative estimate of drug-likeness (QED) is 0.837. The maximum absolute atomic E-state index is 5.46. The molecular formula is C12H14N4. The second-order valence-electron chi connectivity index (χ2n) is 3.67. The molecule has 0 radical (unpaired) electrons. The van der Waals surface area contributed by atoms with Crippen molar-refractivity contribution in [1.29, 1.82) is 0 Å². The van der Waals surface area contributed by atoms with E-state index in [1.807, 2.05) is 19.1 Å². The Morgan fingerprint density at radius 3 is 2.56 bits per heavy atom. The van der Waals surface area contributed by atoms with Crippen LogP contribution in [0.25, 0.3) is 11.5 Å². The second-order valence-corrected chi connectivity index (χ2v) is 3.67. The molecule has 16 heavy (non-hydrogen) atoms. The van der Waals surface area contributed by atoms with Gasteiger partial charge in [0.25, 0.3) is 0 Å². The van der Waals surface area contributed by atoms with Crippen molar-refractivity contribution in [2.24, 2.45) is 5.73 Å². The molecule has 0 atom stereocenters. The van der Waals surface area contributed by atoms with Gasteiger partial charge in [-0.15, -0.1) is 0 Å². The van der Waals surface area contributed by atoms with E-state index in [0.29, 0.717) is 12.4 Å². The summed E-state index contributed by atoms with van der Waals surface area (Å²) in [5.74, 6) is 0.657. The molecule has 0 bridgehead atoms. The van der Waals surface area contributed by atoms with Crippen molar-refractivity contribution < 1.29 is 0 Å². The zero-order valence-electron chi connectivity index (χ0n) is 9.22. The molecule has 2 heterocycles. The Hall–Kier alpha value is -1.81. The van der Waals surface area contributed by atoms with Crippen molar-refractivity contribution in [3.8, 4) is 11.5 Å². The fraction of sp³-hybridized carbons (Fsp3) is 0.250. The molecule has 0 aliphatic carbocycles. The molecule has 0 saturated carbocycles. The predicted molar refractivity (Wildman–Crippen MR) is 62.8 cm³/mol. The molecule has 2 N–H and O–H groups in total. The Morgan fingerprint density at radius 2 is 1.94 bits per heavy atom. The van der Waals surface area contributed by atoms with Gasteiger partial charge in [-0.05, 0) is 43.1 Å². The lowest BCUT2D eigenvalue weighted by molar-refractivity contribution is 0.941. The van der Waals surface area contributed by atoms with Crippen LogP contribution in [0.5, 0.6) is 0 Å². The lowest BCUT2D eigenvalue weighted by atomic mass is 10.2. The van der Waals surface area contributed by atoms with Crippen LogP contribution in [0.15, 0.2) is 30.7 Å². The van der Waals surface area contributed by atoms with Gasteiger partial charge in [0, 0.05) is 18.6 Å². The Kier molecular flexibility index (Phi) is 3.22. The number of aromatic nitrogens is 3. The van der Waals surface area contributed by atoms with Gasteiger partial charge in [0.05, 0.1) is 0 Å². The molecule has 2 aromatic heterocycles. The van der Waals surface area contributed by atoms with E-state index in [0.717, 1.165) is 23.2 Å². The van der Waals surface area contributed by atoms with Gasteiger partial charge in [-0.3, -0.25) is 4.98 Å². The van der Waals surface area contributed by atoms with E-state index in [2.05, 4.69) is 15.0 Å². The van der Waals surface area contributed by atoms with Gasteiger partial charge in [0.1, 0.15) is 5.69 Å². The first-order chi connectivity index (χ1) is 7.79. The number of rotatable bonds is 3. The van der Waals surface area contributed by atoms with E-state index in [-0.39, 0.29) is 0 Å². The molecule has 2 aromatic rings.